The molecule has 0 bridgehead atoms. The third-order valence-electron chi connectivity index (χ3n) is 4.25. The molecule has 0 saturated heterocycles. The SMILES string of the molecule is CCC(C)C(C)(O)CNC(=O)C(=O)Nc1ccc(C)c(C)c1. The summed E-state index contributed by atoms with van der Waals surface area (Å²) >= 11 is 0. The Morgan fingerprint density at radius 2 is 1.86 bits per heavy atom. The Balaban J connectivity index is 2.59. The predicted octanol–water partition coefficient (Wildman–Crippen LogP) is 2.16. The summed E-state index contributed by atoms with van der Waals surface area (Å²) in [6.07, 6.45) is 0.789. The number of carbonyl (C=O) groups excluding carboxylic acids is 2. The molecule has 22 heavy (non-hydrogen) atoms. The molecule has 1 aromatic carbocycles. The summed E-state index contributed by atoms with van der Waals surface area (Å²) in [5, 5.41) is 15.3. The lowest BCUT2D eigenvalue weighted by atomic mass is 9.89. The lowest BCUT2D eigenvalue weighted by Crippen LogP contribution is -2.47. The maximum Gasteiger partial charge on any atom is 0.313 e. The summed E-state index contributed by atoms with van der Waals surface area (Å²) in [6, 6.07) is 5.45. The number of hydrogen-bond donors (Lipinski definition) is 3. The van der Waals surface area contributed by atoms with E-state index in [1.165, 1.54) is 0 Å². The van der Waals surface area contributed by atoms with Gasteiger partial charge >= 0.3 is 11.8 Å². The molecule has 5 nitrogen and oxygen atoms in total. The molecule has 1 aromatic rings. The van der Waals surface area contributed by atoms with Gasteiger partial charge in [0.05, 0.1) is 5.60 Å². The fraction of sp³-hybridized carbons (Fsp3) is 0.529. The van der Waals surface area contributed by atoms with Crippen molar-refractivity contribution in [2.75, 3.05) is 11.9 Å². The average molecular weight is 306 g/mol. The van der Waals surface area contributed by atoms with Crippen molar-refractivity contribution in [2.45, 2.75) is 46.6 Å². The van der Waals surface area contributed by atoms with Crippen LogP contribution in [0.5, 0.6) is 0 Å². The Labute approximate surface area is 132 Å². The zero-order valence-electron chi connectivity index (χ0n) is 14.0. The summed E-state index contributed by atoms with van der Waals surface area (Å²) in [5.74, 6) is -1.46. The quantitative estimate of drug-likeness (QED) is 0.729. The molecule has 0 aliphatic carbocycles. The van der Waals surface area contributed by atoms with Gasteiger partial charge in [-0.05, 0) is 49.9 Å². The van der Waals surface area contributed by atoms with Crippen LogP contribution in [-0.4, -0.2) is 29.1 Å². The summed E-state index contributed by atoms with van der Waals surface area (Å²) in [5.41, 5.74) is 1.70. The van der Waals surface area contributed by atoms with Crippen LogP contribution in [0.25, 0.3) is 0 Å². The van der Waals surface area contributed by atoms with Crippen LogP contribution in [0.15, 0.2) is 18.2 Å². The fourth-order valence-corrected chi connectivity index (χ4v) is 1.96. The van der Waals surface area contributed by atoms with E-state index in [1.807, 2.05) is 39.8 Å². The zero-order chi connectivity index (χ0) is 16.9. The highest BCUT2D eigenvalue weighted by Gasteiger charge is 2.28. The van der Waals surface area contributed by atoms with Gasteiger partial charge in [-0.1, -0.05) is 26.3 Å². The molecule has 0 spiro atoms. The van der Waals surface area contributed by atoms with Gasteiger partial charge in [0.2, 0.25) is 0 Å². The zero-order valence-corrected chi connectivity index (χ0v) is 14.0. The third kappa shape index (κ3) is 4.84. The van der Waals surface area contributed by atoms with E-state index in [2.05, 4.69) is 10.6 Å². The van der Waals surface area contributed by atoms with Crippen LogP contribution in [0.2, 0.25) is 0 Å². The maximum absolute atomic E-state index is 11.9. The Morgan fingerprint density at radius 3 is 2.41 bits per heavy atom. The minimum Gasteiger partial charge on any atom is -0.388 e. The van der Waals surface area contributed by atoms with E-state index in [0.29, 0.717) is 5.69 Å². The molecule has 0 fully saturated rings. The van der Waals surface area contributed by atoms with Crippen molar-refractivity contribution < 1.29 is 14.7 Å². The summed E-state index contributed by atoms with van der Waals surface area (Å²) < 4.78 is 0. The van der Waals surface area contributed by atoms with Gasteiger partial charge in [0.15, 0.2) is 0 Å². The Kier molecular flexibility index (Phi) is 6.11. The van der Waals surface area contributed by atoms with Crippen molar-refractivity contribution in [3.05, 3.63) is 29.3 Å². The molecule has 1 rings (SSSR count). The van der Waals surface area contributed by atoms with E-state index in [0.717, 1.165) is 17.5 Å². The van der Waals surface area contributed by atoms with Crippen molar-refractivity contribution in [2.24, 2.45) is 5.92 Å². The third-order valence-corrected chi connectivity index (χ3v) is 4.25. The Morgan fingerprint density at radius 1 is 1.23 bits per heavy atom. The van der Waals surface area contributed by atoms with Crippen molar-refractivity contribution in [3.63, 3.8) is 0 Å². The molecule has 0 saturated carbocycles. The van der Waals surface area contributed by atoms with E-state index in [9.17, 15) is 14.7 Å². The van der Waals surface area contributed by atoms with Crippen LogP contribution in [0.1, 0.15) is 38.3 Å². The lowest BCUT2D eigenvalue weighted by molar-refractivity contribution is -0.137. The first-order valence-corrected chi connectivity index (χ1v) is 7.56. The van der Waals surface area contributed by atoms with E-state index in [4.69, 9.17) is 0 Å². The summed E-state index contributed by atoms with van der Waals surface area (Å²) in [7, 11) is 0. The number of amides is 2. The fourth-order valence-electron chi connectivity index (χ4n) is 1.96. The summed E-state index contributed by atoms with van der Waals surface area (Å²) in [4.78, 5) is 23.7. The van der Waals surface area contributed by atoms with Gasteiger partial charge in [-0.3, -0.25) is 9.59 Å². The van der Waals surface area contributed by atoms with Crippen LogP contribution in [0.4, 0.5) is 5.69 Å². The highest BCUT2D eigenvalue weighted by atomic mass is 16.3. The standard InChI is InChI=1S/C17H26N2O3/c1-6-13(4)17(5,22)10-18-15(20)16(21)19-14-8-7-11(2)12(3)9-14/h7-9,13,22H,6,10H2,1-5H3,(H,18,20)(H,19,21). The van der Waals surface area contributed by atoms with Gasteiger partial charge in [0.25, 0.3) is 0 Å². The molecule has 0 aliphatic heterocycles. The normalized spacial score (nSPS) is 14.8. The van der Waals surface area contributed by atoms with Gasteiger partial charge in [0.1, 0.15) is 0 Å². The molecule has 122 valence electrons. The monoisotopic (exact) mass is 306 g/mol. The van der Waals surface area contributed by atoms with Crippen LogP contribution >= 0.6 is 0 Å². The van der Waals surface area contributed by atoms with Crippen LogP contribution in [0.3, 0.4) is 0 Å². The van der Waals surface area contributed by atoms with Crippen LogP contribution in [0, 0.1) is 19.8 Å². The Hall–Kier alpha value is -1.88. The topological polar surface area (TPSA) is 78.4 Å². The van der Waals surface area contributed by atoms with Crippen LogP contribution in [-0.2, 0) is 9.59 Å². The number of rotatable bonds is 5. The minimum absolute atomic E-state index is 0.0237. The van der Waals surface area contributed by atoms with E-state index < -0.39 is 17.4 Å². The highest BCUT2D eigenvalue weighted by Crippen LogP contribution is 2.19. The number of carbonyl (C=O) groups is 2. The minimum atomic E-state index is -1.04. The first kappa shape index (κ1) is 18.2. The van der Waals surface area contributed by atoms with Crippen molar-refractivity contribution in [1.29, 1.82) is 0 Å². The van der Waals surface area contributed by atoms with Gasteiger partial charge in [-0.15, -0.1) is 0 Å². The first-order chi connectivity index (χ1) is 10.2. The van der Waals surface area contributed by atoms with Gasteiger partial charge in [-0.2, -0.15) is 0 Å². The highest BCUT2D eigenvalue weighted by molar-refractivity contribution is 6.39. The average Bonchev–Trinajstić information content (AvgIpc) is 2.47. The van der Waals surface area contributed by atoms with E-state index in [1.54, 1.807) is 13.0 Å². The number of anilines is 1. The number of aliphatic hydroxyl groups is 1. The predicted molar refractivity (Wildman–Crippen MR) is 87.6 cm³/mol. The van der Waals surface area contributed by atoms with Gasteiger partial charge < -0.3 is 15.7 Å². The molecule has 2 amide bonds. The molecular formula is C17H26N2O3. The molecule has 5 heteroatoms. The molecule has 3 N–H and O–H groups in total. The molecule has 0 aromatic heterocycles. The largest absolute Gasteiger partial charge is 0.388 e. The molecule has 0 radical (unpaired) electrons. The molecule has 0 heterocycles. The molecule has 0 aliphatic rings. The van der Waals surface area contributed by atoms with E-state index in [-0.39, 0.29) is 12.5 Å². The number of benzene rings is 1. The van der Waals surface area contributed by atoms with Gasteiger partial charge in [-0.25, -0.2) is 0 Å². The van der Waals surface area contributed by atoms with Gasteiger partial charge in [0, 0.05) is 12.2 Å². The first-order valence-electron chi connectivity index (χ1n) is 7.56. The van der Waals surface area contributed by atoms with Crippen molar-refractivity contribution >= 4 is 17.5 Å². The molecular weight excluding hydrogens is 280 g/mol. The van der Waals surface area contributed by atoms with Crippen molar-refractivity contribution in [3.8, 4) is 0 Å². The second kappa shape index (κ2) is 7.40. The smallest absolute Gasteiger partial charge is 0.313 e. The summed E-state index contributed by atoms with van der Waals surface area (Å²) in [6.45, 7) is 9.48. The van der Waals surface area contributed by atoms with Crippen LogP contribution < -0.4 is 10.6 Å². The number of aryl methyl sites for hydroxylation is 2. The maximum atomic E-state index is 11.9. The second-order valence-electron chi connectivity index (χ2n) is 6.10. The number of nitrogens with one attached hydrogen (secondary N) is 2. The molecule has 2 atom stereocenters. The van der Waals surface area contributed by atoms with Crippen molar-refractivity contribution in [1.82, 2.24) is 5.32 Å². The Bertz CT molecular complexity index is 553. The lowest BCUT2D eigenvalue weighted by Gasteiger charge is -2.29. The number of hydrogen-bond acceptors (Lipinski definition) is 3. The molecule has 2 unspecified atom stereocenters. The van der Waals surface area contributed by atoms with E-state index >= 15 is 0 Å². The second-order valence-corrected chi connectivity index (χ2v) is 6.10.